The number of carbonyl (C=O) groups is 2. The maximum Gasteiger partial charge on any atom is 0.240 e. The van der Waals surface area contributed by atoms with Crippen molar-refractivity contribution in [1.82, 2.24) is 20.0 Å². The van der Waals surface area contributed by atoms with Gasteiger partial charge in [-0.2, -0.15) is 5.10 Å². The van der Waals surface area contributed by atoms with Crippen LogP contribution in [0.1, 0.15) is 38.5 Å². The predicted molar refractivity (Wildman–Crippen MR) is 117 cm³/mol. The SMILES string of the molecule is CN(CCNC(=O)CN1C(=O)CCn2nc(-c3ccccc3)cc21)C1CCCCC1. The molecule has 7 nitrogen and oxygen atoms in total. The summed E-state index contributed by atoms with van der Waals surface area (Å²) in [5, 5.41) is 7.62. The van der Waals surface area contributed by atoms with E-state index < -0.39 is 0 Å². The van der Waals surface area contributed by atoms with Gasteiger partial charge in [0.2, 0.25) is 11.8 Å². The van der Waals surface area contributed by atoms with E-state index in [4.69, 9.17) is 0 Å². The highest BCUT2D eigenvalue weighted by Crippen LogP contribution is 2.27. The van der Waals surface area contributed by atoms with Crippen molar-refractivity contribution in [1.29, 1.82) is 0 Å². The van der Waals surface area contributed by atoms with E-state index in [1.165, 1.54) is 32.1 Å². The number of anilines is 1. The molecule has 1 fully saturated rings. The van der Waals surface area contributed by atoms with Gasteiger partial charge in [-0.1, -0.05) is 49.6 Å². The molecule has 2 amide bonds. The fourth-order valence-corrected chi connectivity index (χ4v) is 4.45. The molecule has 0 spiro atoms. The summed E-state index contributed by atoms with van der Waals surface area (Å²) in [5.41, 5.74) is 1.82. The van der Waals surface area contributed by atoms with Crippen molar-refractivity contribution in [3.8, 4) is 11.3 Å². The fourth-order valence-electron chi connectivity index (χ4n) is 4.45. The lowest BCUT2D eigenvalue weighted by molar-refractivity contribution is -0.124. The van der Waals surface area contributed by atoms with Gasteiger partial charge in [0.05, 0.1) is 12.2 Å². The predicted octanol–water partition coefficient (Wildman–Crippen LogP) is 2.67. The number of rotatable bonds is 7. The number of fused-ring (bicyclic) bond motifs is 1. The molecule has 1 aliphatic carbocycles. The maximum atomic E-state index is 12.5. The molecule has 1 aromatic heterocycles. The van der Waals surface area contributed by atoms with E-state index in [0.29, 0.717) is 31.4 Å². The zero-order chi connectivity index (χ0) is 20.9. The summed E-state index contributed by atoms with van der Waals surface area (Å²) in [5.74, 6) is 0.535. The number of benzene rings is 1. The highest BCUT2D eigenvalue weighted by atomic mass is 16.2. The molecule has 2 aliphatic rings. The molecular formula is C23H31N5O2. The van der Waals surface area contributed by atoms with Gasteiger partial charge < -0.3 is 10.2 Å². The summed E-state index contributed by atoms with van der Waals surface area (Å²) >= 11 is 0. The van der Waals surface area contributed by atoms with Crippen LogP contribution in [0, 0.1) is 0 Å². The van der Waals surface area contributed by atoms with Crippen LogP contribution >= 0.6 is 0 Å². The zero-order valence-electron chi connectivity index (χ0n) is 17.7. The molecule has 0 radical (unpaired) electrons. The smallest absolute Gasteiger partial charge is 0.240 e. The maximum absolute atomic E-state index is 12.5. The Morgan fingerprint density at radius 1 is 1.20 bits per heavy atom. The number of amides is 2. The van der Waals surface area contributed by atoms with E-state index >= 15 is 0 Å². The van der Waals surface area contributed by atoms with Crippen molar-refractivity contribution >= 4 is 17.6 Å². The number of aromatic nitrogens is 2. The van der Waals surface area contributed by atoms with Crippen LogP contribution in [-0.2, 0) is 16.1 Å². The molecule has 160 valence electrons. The summed E-state index contributed by atoms with van der Waals surface area (Å²) in [6.45, 7) is 2.01. The van der Waals surface area contributed by atoms with Crippen molar-refractivity contribution < 1.29 is 9.59 Å². The zero-order valence-corrected chi connectivity index (χ0v) is 17.7. The van der Waals surface area contributed by atoms with E-state index in [0.717, 1.165) is 17.8 Å². The Hall–Kier alpha value is -2.67. The minimum absolute atomic E-state index is 0.0310. The first-order valence-electron chi connectivity index (χ1n) is 11.0. The third-order valence-electron chi connectivity index (χ3n) is 6.23. The first kappa shape index (κ1) is 20.6. The minimum Gasteiger partial charge on any atom is -0.353 e. The van der Waals surface area contributed by atoms with Gasteiger partial charge in [-0.3, -0.25) is 14.5 Å². The lowest BCUT2D eigenvalue weighted by atomic mass is 9.94. The van der Waals surface area contributed by atoms with Crippen LogP contribution in [0.25, 0.3) is 11.3 Å². The summed E-state index contributed by atoms with van der Waals surface area (Å²) < 4.78 is 1.83. The minimum atomic E-state index is -0.128. The van der Waals surface area contributed by atoms with Crippen LogP contribution < -0.4 is 10.2 Å². The Morgan fingerprint density at radius 2 is 1.97 bits per heavy atom. The standard InChI is InChI=1S/C23H31N5O2/c1-26(19-10-6-3-7-11-19)15-13-24-21(29)17-27-22-16-20(18-8-4-2-5-9-18)25-28(22)14-12-23(27)30/h2,4-5,8-9,16,19H,3,6-7,10-15,17H2,1H3,(H,24,29). The van der Waals surface area contributed by atoms with Gasteiger partial charge in [0.1, 0.15) is 12.4 Å². The summed E-state index contributed by atoms with van der Waals surface area (Å²) in [6.07, 6.45) is 6.81. The van der Waals surface area contributed by atoms with Crippen molar-refractivity contribution in [3.05, 3.63) is 36.4 Å². The quantitative estimate of drug-likeness (QED) is 0.763. The van der Waals surface area contributed by atoms with Gasteiger partial charge >= 0.3 is 0 Å². The van der Waals surface area contributed by atoms with Gasteiger partial charge in [0.25, 0.3) is 0 Å². The Morgan fingerprint density at radius 3 is 2.73 bits per heavy atom. The molecule has 2 heterocycles. The Kier molecular flexibility index (Phi) is 6.47. The number of aryl methyl sites for hydroxylation is 1. The molecule has 2 aromatic rings. The molecule has 7 heteroatoms. The molecule has 0 unspecified atom stereocenters. The van der Waals surface area contributed by atoms with E-state index in [2.05, 4.69) is 22.4 Å². The monoisotopic (exact) mass is 409 g/mol. The van der Waals surface area contributed by atoms with Gasteiger partial charge in [-0.25, -0.2) is 4.68 Å². The number of carbonyl (C=O) groups excluding carboxylic acids is 2. The van der Waals surface area contributed by atoms with Crippen LogP contribution in [0.15, 0.2) is 36.4 Å². The summed E-state index contributed by atoms with van der Waals surface area (Å²) in [4.78, 5) is 29.0. The van der Waals surface area contributed by atoms with Crippen molar-refractivity contribution in [2.24, 2.45) is 0 Å². The molecule has 4 rings (SSSR count). The fraction of sp³-hybridized carbons (Fsp3) is 0.522. The number of nitrogens with one attached hydrogen (secondary N) is 1. The number of likely N-dealkylation sites (N-methyl/N-ethyl adjacent to an activating group) is 1. The molecule has 1 aromatic carbocycles. The Labute approximate surface area is 178 Å². The summed E-state index contributed by atoms with van der Waals surface area (Å²) in [7, 11) is 2.14. The second-order valence-corrected chi connectivity index (χ2v) is 8.33. The molecule has 0 atom stereocenters. The highest BCUT2D eigenvalue weighted by Gasteiger charge is 2.28. The van der Waals surface area contributed by atoms with E-state index in [1.54, 1.807) is 4.90 Å². The average Bonchev–Trinajstić information content (AvgIpc) is 3.22. The van der Waals surface area contributed by atoms with Crippen molar-refractivity contribution in [3.63, 3.8) is 0 Å². The normalized spacial score (nSPS) is 17.3. The first-order chi connectivity index (χ1) is 14.6. The third-order valence-corrected chi connectivity index (χ3v) is 6.23. The molecule has 30 heavy (non-hydrogen) atoms. The van der Waals surface area contributed by atoms with Crippen molar-refractivity contribution in [2.45, 2.75) is 51.1 Å². The lowest BCUT2D eigenvalue weighted by Gasteiger charge is -2.31. The van der Waals surface area contributed by atoms with E-state index in [9.17, 15) is 9.59 Å². The Bertz CT molecular complexity index is 873. The van der Waals surface area contributed by atoms with Gasteiger partial charge in [0.15, 0.2) is 0 Å². The van der Waals surface area contributed by atoms with Crippen LogP contribution in [0.5, 0.6) is 0 Å². The van der Waals surface area contributed by atoms with E-state index in [-0.39, 0.29) is 18.4 Å². The molecular weight excluding hydrogens is 378 g/mol. The van der Waals surface area contributed by atoms with Gasteiger partial charge in [-0.15, -0.1) is 0 Å². The first-order valence-corrected chi connectivity index (χ1v) is 11.0. The summed E-state index contributed by atoms with van der Waals surface area (Å²) in [6, 6.07) is 12.4. The number of nitrogens with zero attached hydrogens (tertiary/aromatic N) is 4. The molecule has 1 saturated carbocycles. The van der Waals surface area contributed by atoms with E-state index in [1.807, 2.05) is 41.1 Å². The van der Waals surface area contributed by atoms with Crippen LogP contribution in [-0.4, -0.2) is 59.2 Å². The molecule has 0 bridgehead atoms. The molecule has 0 saturated heterocycles. The average molecular weight is 410 g/mol. The second-order valence-electron chi connectivity index (χ2n) is 8.33. The van der Waals surface area contributed by atoms with Crippen molar-refractivity contribution in [2.75, 3.05) is 31.6 Å². The third kappa shape index (κ3) is 4.73. The lowest BCUT2D eigenvalue weighted by Crippen LogP contribution is -2.46. The Balaban J connectivity index is 1.34. The molecule has 1 N–H and O–H groups in total. The largest absolute Gasteiger partial charge is 0.353 e. The topological polar surface area (TPSA) is 70.5 Å². The van der Waals surface area contributed by atoms with Crippen LogP contribution in [0.3, 0.4) is 0 Å². The second kappa shape index (κ2) is 9.43. The highest BCUT2D eigenvalue weighted by molar-refractivity contribution is 5.99. The van der Waals surface area contributed by atoms with Gasteiger partial charge in [-0.05, 0) is 19.9 Å². The van der Waals surface area contributed by atoms with Crippen LogP contribution in [0.2, 0.25) is 0 Å². The molecule has 1 aliphatic heterocycles. The van der Waals surface area contributed by atoms with Gasteiger partial charge in [0, 0.05) is 37.2 Å². The van der Waals surface area contributed by atoms with Crippen LogP contribution in [0.4, 0.5) is 5.82 Å². The number of hydrogen-bond acceptors (Lipinski definition) is 4. The number of hydrogen-bond donors (Lipinski definition) is 1.